The Hall–Kier alpha value is -1.46. The Kier molecular flexibility index (Phi) is 3.88. The van der Waals surface area contributed by atoms with Gasteiger partial charge >= 0.3 is 0 Å². The number of hydrogen-bond donors (Lipinski definition) is 1. The highest BCUT2D eigenvalue weighted by Gasteiger charge is 2.30. The fraction of sp³-hybridized carbons (Fsp3) is 0.500. The smallest absolute Gasteiger partial charge is 0.150 e. The van der Waals surface area contributed by atoms with Gasteiger partial charge in [0.1, 0.15) is 22.1 Å². The average Bonchev–Trinajstić information content (AvgIpc) is 2.91. The van der Waals surface area contributed by atoms with E-state index in [4.69, 9.17) is 16.6 Å². The lowest BCUT2D eigenvalue weighted by atomic mass is 9.74. The normalized spacial score (nSPS) is 16.5. The van der Waals surface area contributed by atoms with Crippen molar-refractivity contribution in [2.24, 2.45) is 5.41 Å². The molecule has 6 heteroatoms. The molecule has 0 bridgehead atoms. The molecule has 0 aliphatic heterocycles. The second kappa shape index (κ2) is 5.81. The molecule has 4 rings (SSSR count). The van der Waals surface area contributed by atoms with E-state index in [0.717, 1.165) is 46.7 Å². The number of fused-ring (bicyclic) bond motifs is 5. The second-order valence-electron chi connectivity index (χ2n) is 7.31. The lowest BCUT2D eigenvalue weighted by molar-refractivity contribution is 0.317. The number of thiophene rings is 1. The van der Waals surface area contributed by atoms with Crippen LogP contribution in [0.2, 0.25) is 5.15 Å². The monoisotopic (exact) mass is 360 g/mol. The van der Waals surface area contributed by atoms with E-state index in [9.17, 15) is 0 Å². The summed E-state index contributed by atoms with van der Waals surface area (Å²) in [6.07, 6.45) is 5.94. The number of nitrogens with one attached hydrogen (secondary N) is 1. The van der Waals surface area contributed by atoms with Crippen LogP contribution in [0, 0.1) is 5.41 Å². The number of pyridine rings is 1. The number of rotatable bonds is 3. The lowest BCUT2D eigenvalue weighted by Crippen LogP contribution is -2.24. The fourth-order valence-electron chi connectivity index (χ4n) is 3.57. The third-order valence-corrected chi connectivity index (χ3v) is 6.30. The van der Waals surface area contributed by atoms with Gasteiger partial charge < -0.3 is 5.32 Å². The van der Waals surface area contributed by atoms with E-state index in [1.54, 1.807) is 17.7 Å². The van der Waals surface area contributed by atoms with Crippen molar-refractivity contribution in [1.29, 1.82) is 0 Å². The molecule has 0 atom stereocenters. The van der Waals surface area contributed by atoms with Crippen LogP contribution in [0.5, 0.6) is 0 Å². The van der Waals surface area contributed by atoms with Crippen LogP contribution in [0.3, 0.4) is 0 Å². The van der Waals surface area contributed by atoms with Gasteiger partial charge in [-0.3, -0.25) is 0 Å². The molecular formula is C18H21ClN4S. The van der Waals surface area contributed by atoms with Crippen LogP contribution in [0.15, 0.2) is 6.33 Å². The topological polar surface area (TPSA) is 50.7 Å². The molecule has 1 aliphatic carbocycles. The van der Waals surface area contributed by atoms with Crippen LogP contribution in [0.4, 0.5) is 5.82 Å². The summed E-state index contributed by atoms with van der Waals surface area (Å²) in [5, 5.41) is 5.23. The van der Waals surface area contributed by atoms with Crippen molar-refractivity contribution in [3.63, 3.8) is 0 Å². The predicted molar refractivity (Wildman–Crippen MR) is 102 cm³/mol. The van der Waals surface area contributed by atoms with Crippen LogP contribution in [-0.2, 0) is 12.8 Å². The molecule has 1 N–H and O–H groups in total. The molecule has 0 unspecified atom stereocenters. The van der Waals surface area contributed by atoms with Crippen molar-refractivity contribution in [3.05, 3.63) is 22.6 Å². The molecule has 126 valence electrons. The van der Waals surface area contributed by atoms with Gasteiger partial charge in [-0.05, 0) is 42.2 Å². The second-order valence-corrected chi connectivity index (χ2v) is 8.67. The first-order valence-electron chi connectivity index (χ1n) is 8.48. The molecule has 0 spiro atoms. The molecule has 0 saturated heterocycles. The Labute approximate surface area is 150 Å². The van der Waals surface area contributed by atoms with E-state index >= 15 is 0 Å². The molecule has 3 heterocycles. The standard InChI is InChI=1S/C18H21ClN4S/c1-4-7-20-16-10-5-6-18(2,3)8-11(10)12-13-14(24-17(12)23-16)15(19)22-9-21-13/h9H,4-8H2,1-3H3,(H,20,23). The molecule has 3 aromatic heterocycles. The third-order valence-electron chi connectivity index (χ3n) is 4.82. The zero-order valence-electron chi connectivity index (χ0n) is 14.2. The molecule has 0 amide bonds. The van der Waals surface area contributed by atoms with Gasteiger partial charge in [0.2, 0.25) is 0 Å². The SMILES string of the molecule is CCCNc1nc2sc3c(Cl)ncnc3c2c2c1CCC(C)(C)C2. The Morgan fingerprint density at radius 3 is 2.92 bits per heavy atom. The minimum atomic E-state index is 0.300. The maximum atomic E-state index is 6.31. The van der Waals surface area contributed by atoms with Crippen LogP contribution in [0.25, 0.3) is 20.4 Å². The van der Waals surface area contributed by atoms with E-state index in [1.165, 1.54) is 22.9 Å². The minimum Gasteiger partial charge on any atom is -0.370 e. The molecular weight excluding hydrogens is 340 g/mol. The summed E-state index contributed by atoms with van der Waals surface area (Å²) in [5.74, 6) is 1.05. The number of hydrogen-bond acceptors (Lipinski definition) is 5. The van der Waals surface area contributed by atoms with Gasteiger partial charge in [-0.2, -0.15) is 0 Å². The zero-order chi connectivity index (χ0) is 16.9. The summed E-state index contributed by atoms with van der Waals surface area (Å²) in [4.78, 5) is 14.6. The van der Waals surface area contributed by atoms with Crippen molar-refractivity contribution in [2.45, 2.75) is 46.5 Å². The number of halogens is 1. The van der Waals surface area contributed by atoms with Crippen molar-refractivity contribution in [1.82, 2.24) is 15.0 Å². The van der Waals surface area contributed by atoms with Gasteiger partial charge in [0.05, 0.1) is 10.2 Å². The molecule has 4 nitrogen and oxygen atoms in total. The molecule has 0 radical (unpaired) electrons. The Morgan fingerprint density at radius 2 is 2.12 bits per heavy atom. The van der Waals surface area contributed by atoms with E-state index in [2.05, 4.69) is 36.1 Å². The Bertz CT molecular complexity index is 932. The van der Waals surface area contributed by atoms with Crippen molar-refractivity contribution in [3.8, 4) is 0 Å². The molecule has 3 aromatic rings. The highest BCUT2D eigenvalue weighted by atomic mass is 35.5. The third kappa shape index (κ3) is 2.54. The minimum absolute atomic E-state index is 0.300. The van der Waals surface area contributed by atoms with Crippen molar-refractivity contribution in [2.75, 3.05) is 11.9 Å². The summed E-state index contributed by atoms with van der Waals surface area (Å²) in [7, 11) is 0. The Morgan fingerprint density at radius 1 is 1.29 bits per heavy atom. The summed E-state index contributed by atoms with van der Waals surface area (Å²) in [6.45, 7) is 7.81. The quantitative estimate of drug-likeness (QED) is 0.650. The van der Waals surface area contributed by atoms with Gasteiger partial charge in [0.15, 0.2) is 0 Å². The van der Waals surface area contributed by atoms with Crippen molar-refractivity contribution >= 4 is 49.2 Å². The van der Waals surface area contributed by atoms with E-state index in [0.29, 0.717) is 10.6 Å². The number of nitrogens with zero attached hydrogens (tertiary/aromatic N) is 3. The van der Waals surface area contributed by atoms with E-state index in [1.807, 2.05) is 0 Å². The van der Waals surface area contributed by atoms with Gasteiger partial charge in [0, 0.05) is 11.9 Å². The summed E-state index contributed by atoms with van der Waals surface area (Å²) >= 11 is 7.91. The summed E-state index contributed by atoms with van der Waals surface area (Å²) in [5.41, 5.74) is 4.02. The van der Waals surface area contributed by atoms with Gasteiger partial charge in [-0.25, -0.2) is 15.0 Å². The summed E-state index contributed by atoms with van der Waals surface area (Å²) in [6, 6.07) is 0. The molecule has 0 saturated carbocycles. The molecule has 0 aromatic carbocycles. The average molecular weight is 361 g/mol. The molecule has 1 aliphatic rings. The zero-order valence-corrected chi connectivity index (χ0v) is 15.8. The maximum absolute atomic E-state index is 6.31. The van der Waals surface area contributed by atoms with E-state index < -0.39 is 0 Å². The Balaban J connectivity index is 2.04. The largest absolute Gasteiger partial charge is 0.370 e. The number of aromatic nitrogens is 3. The van der Waals surface area contributed by atoms with Gasteiger partial charge in [-0.1, -0.05) is 32.4 Å². The number of anilines is 1. The van der Waals surface area contributed by atoms with E-state index in [-0.39, 0.29) is 0 Å². The molecule has 24 heavy (non-hydrogen) atoms. The predicted octanol–water partition coefficient (Wildman–Crippen LogP) is 5.23. The lowest BCUT2D eigenvalue weighted by Gasteiger charge is -2.32. The first-order chi connectivity index (χ1) is 11.5. The highest BCUT2D eigenvalue weighted by Crippen LogP contribution is 2.45. The van der Waals surface area contributed by atoms with Crippen LogP contribution in [0.1, 0.15) is 44.7 Å². The molecule has 0 fully saturated rings. The summed E-state index contributed by atoms with van der Waals surface area (Å²) < 4.78 is 0.944. The van der Waals surface area contributed by atoms with Crippen LogP contribution < -0.4 is 5.32 Å². The van der Waals surface area contributed by atoms with Crippen LogP contribution in [-0.4, -0.2) is 21.5 Å². The first kappa shape index (κ1) is 16.0. The van der Waals surface area contributed by atoms with Gasteiger partial charge in [-0.15, -0.1) is 11.3 Å². The first-order valence-corrected chi connectivity index (χ1v) is 9.68. The van der Waals surface area contributed by atoms with Crippen molar-refractivity contribution < 1.29 is 0 Å². The highest BCUT2D eigenvalue weighted by molar-refractivity contribution is 7.26. The fourth-order valence-corrected chi connectivity index (χ4v) is 4.86. The van der Waals surface area contributed by atoms with Crippen LogP contribution >= 0.6 is 22.9 Å². The maximum Gasteiger partial charge on any atom is 0.150 e. The van der Waals surface area contributed by atoms with Gasteiger partial charge in [0.25, 0.3) is 0 Å².